The van der Waals surface area contributed by atoms with Gasteiger partial charge >= 0.3 is 0 Å². The number of hydrogen-bond acceptors (Lipinski definition) is 3. The van der Waals surface area contributed by atoms with E-state index in [0.29, 0.717) is 5.56 Å². The number of hydrogen-bond donors (Lipinski definition) is 1. The molecule has 0 radical (unpaired) electrons. The lowest BCUT2D eigenvalue weighted by Crippen LogP contribution is -2.01. The molecule has 3 aromatic carbocycles. The molecule has 0 saturated heterocycles. The summed E-state index contributed by atoms with van der Waals surface area (Å²) in [5.41, 5.74) is 1.04. The molecule has 0 aliphatic rings. The van der Waals surface area contributed by atoms with E-state index in [0.717, 1.165) is 6.26 Å². The highest BCUT2D eigenvalue weighted by Crippen LogP contribution is 2.37. The van der Waals surface area contributed by atoms with Gasteiger partial charge in [-0.15, -0.1) is 0 Å². The van der Waals surface area contributed by atoms with Crippen molar-refractivity contribution in [2.75, 3.05) is 6.26 Å². The maximum Gasteiger partial charge on any atom is 0.175 e. The first kappa shape index (κ1) is 16.2. The third-order valence-electron chi connectivity index (χ3n) is 3.75. The summed E-state index contributed by atoms with van der Waals surface area (Å²) in [6.45, 7) is 0. The van der Waals surface area contributed by atoms with E-state index in [2.05, 4.69) is 0 Å². The van der Waals surface area contributed by atoms with Gasteiger partial charge in [0.1, 0.15) is 11.6 Å². The van der Waals surface area contributed by atoms with Gasteiger partial charge in [0.05, 0.1) is 4.90 Å². The smallest absolute Gasteiger partial charge is 0.175 e. The predicted octanol–water partition coefficient (Wildman–Crippen LogP) is 4.27. The Morgan fingerprint density at radius 1 is 0.833 bits per heavy atom. The van der Waals surface area contributed by atoms with Gasteiger partial charge in [0, 0.05) is 22.9 Å². The highest BCUT2D eigenvalue weighted by atomic mass is 32.2. The molecule has 0 atom stereocenters. The lowest BCUT2D eigenvalue weighted by atomic mass is 9.97. The third-order valence-corrected chi connectivity index (χ3v) is 4.85. The minimum absolute atomic E-state index is 0.000932. The lowest BCUT2D eigenvalue weighted by Gasteiger charge is -2.13. The van der Waals surface area contributed by atoms with Crippen molar-refractivity contribution in [2.24, 2.45) is 0 Å². The third kappa shape index (κ3) is 3.03. The Morgan fingerprint density at radius 2 is 1.42 bits per heavy atom. The SMILES string of the molecule is CS(=O)(=O)c1cc(-c2ccccc2)c(F)c(-c2ccccc2O)c1. The number of halogens is 1. The van der Waals surface area contributed by atoms with Crippen molar-refractivity contribution in [1.82, 2.24) is 0 Å². The molecular weight excluding hydrogens is 327 g/mol. The highest BCUT2D eigenvalue weighted by Gasteiger charge is 2.19. The summed E-state index contributed by atoms with van der Waals surface area (Å²) in [5, 5.41) is 10.0. The molecule has 0 heterocycles. The maximum absolute atomic E-state index is 15.1. The van der Waals surface area contributed by atoms with Gasteiger partial charge in [-0.3, -0.25) is 0 Å². The number of para-hydroxylation sites is 1. The van der Waals surface area contributed by atoms with Crippen LogP contribution in [0.1, 0.15) is 0 Å². The predicted molar refractivity (Wildman–Crippen MR) is 92.0 cm³/mol. The van der Waals surface area contributed by atoms with Crippen LogP contribution in [-0.2, 0) is 9.84 Å². The molecule has 0 fully saturated rings. The van der Waals surface area contributed by atoms with Crippen molar-refractivity contribution in [3.8, 4) is 28.0 Å². The number of rotatable bonds is 3. The van der Waals surface area contributed by atoms with E-state index in [9.17, 15) is 13.5 Å². The molecule has 3 nitrogen and oxygen atoms in total. The zero-order chi connectivity index (χ0) is 17.3. The lowest BCUT2D eigenvalue weighted by molar-refractivity contribution is 0.476. The molecule has 0 aliphatic carbocycles. The minimum atomic E-state index is -3.54. The summed E-state index contributed by atoms with van der Waals surface area (Å²) in [7, 11) is -3.54. The van der Waals surface area contributed by atoms with Crippen LogP contribution < -0.4 is 0 Å². The Morgan fingerprint density at radius 3 is 2.04 bits per heavy atom. The number of aromatic hydroxyl groups is 1. The summed E-state index contributed by atoms with van der Waals surface area (Å²) in [6.07, 6.45) is 1.07. The Bertz CT molecular complexity index is 996. The molecule has 0 aromatic heterocycles. The van der Waals surface area contributed by atoms with Gasteiger partial charge in [-0.2, -0.15) is 0 Å². The van der Waals surface area contributed by atoms with E-state index in [1.54, 1.807) is 48.5 Å². The summed E-state index contributed by atoms with van der Waals surface area (Å²) in [6, 6.07) is 17.6. The first-order chi connectivity index (χ1) is 11.4. The molecule has 3 rings (SSSR count). The van der Waals surface area contributed by atoms with Gasteiger partial charge in [0.2, 0.25) is 0 Å². The molecule has 0 unspecified atom stereocenters. The van der Waals surface area contributed by atoms with Gasteiger partial charge in [0.15, 0.2) is 9.84 Å². The van der Waals surface area contributed by atoms with Crippen LogP contribution in [-0.4, -0.2) is 19.8 Å². The first-order valence-corrected chi connectivity index (χ1v) is 9.14. The van der Waals surface area contributed by atoms with E-state index in [1.807, 2.05) is 0 Å². The highest BCUT2D eigenvalue weighted by molar-refractivity contribution is 7.90. The topological polar surface area (TPSA) is 54.4 Å². The fourth-order valence-corrected chi connectivity index (χ4v) is 3.20. The first-order valence-electron chi connectivity index (χ1n) is 7.25. The van der Waals surface area contributed by atoms with E-state index < -0.39 is 15.7 Å². The minimum Gasteiger partial charge on any atom is -0.507 e. The molecular formula is C19H15FO3S. The van der Waals surface area contributed by atoms with E-state index in [-0.39, 0.29) is 27.3 Å². The van der Waals surface area contributed by atoms with Crippen molar-refractivity contribution < 1.29 is 17.9 Å². The van der Waals surface area contributed by atoms with Crippen LogP contribution in [0.25, 0.3) is 22.3 Å². The van der Waals surface area contributed by atoms with Crippen molar-refractivity contribution >= 4 is 9.84 Å². The van der Waals surface area contributed by atoms with Crippen LogP contribution in [0.2, 0.25) is 0 Å². The van der Waals surface area contributed by atoms with Crippen LogP contribution in [0.5, 0.6) is 5.75 Å². The zero-order valence-electron chi connectivity index (χ0n) is 12.9. The van der Waals surface area contributed by atoms with Gasteiger partial charge in [-0.25, -0.2) is 12.8 Å². The Balaban J connectivity index is 2.36. The van der Waals surface area contributed by atoms with Crippen molar-refractivity contribution in [2.45, 2.75) is 4.90 Å². The molecule has 5 heteroatoms. The van der Waals surface area contributed by atoms with Gasteiger partial charge in [-0.05, 0) is 23.8 Å². The second-order valence-electron chi connectivity index (χ2n) is 5.49. The van der Waals surface area contributed by atoms with Crippen LogP contribution >= 0.6 is 0 Å². The standard InChI is InChI=1S/C19H15FO3S/c1-24(22,23)14-11-16(13-7-3-2-4-8-13)19(20)17(12-14)15-9-5-6-10-18(15)21/h2-12,21H,1H3. The van der Waals surface area contributed by atoms with Crippen molar-refractivity contribution in [1.29, 1.82) is 0 Å². The average molecular weight is 342 g/mol. The largest absolute Gasteiger partial charge is 0.507 e. The fourth-order valence-electron chi connectivity index (χ4n) is 2.54. The number of phenolic OH excluding ortho intramolecular Hbond substituents is 1. The molecule has 0 amide bonds. The van der Waals surface area contributed by atoms with E-state index in [4.69, 9.17) is 0 Å². The van der Waals surface area contributed by atoms with Crippen molar-refractivity contribution in [3.05, 3.63) is 72.5 Å². The second-order valence-corrected chi connectivity index (χ2v) is 7.50. The summed E-state index contributed by atoms with van der Waals surface area (Å²) in [4.78, 5) is 0.000932. The van der Waals surface area contributed by atoms with Gasteiger partial charge in [0.25, 0.3) is 0 Å². The molecule has 0 saturated carbocycles. The van der Waals surface area contributed by atoms with Crippen molar-refractivity contribution in [3.63, 3.8) is 0 Å². The quantitative estimate of drug-likeness (QED) is 0.723. The van der Waals surface area contributed by atoms with Crippen LogP contribution in [0, 0.1) is 5.82 Å². The van der Waals surface area contributed by atoms with Crippen LogP contribution in [0.4, 0.5) is 4.39 Å². The molecule has 0 aliphatic heterocycles. The van der Waals surface area contributed by atoms with E-state index in [1.165, 1.54) is 18.2 Å². The molecule has 3 aromatic rings. The molecule has 24 heavy (non-hydrogen) atoms. The Labute approximate surface area is 139 Å². The molecule has 1 N–H and O–H groups in total. The molecule has 0 bridgehead atoms. The summed E-state index contributed by atoms with van der Waals surface area (Å²) in [5.74, 6) is -0.684. The second kappa shape index (κ2) is 6.09. The van der Waals surface area contributed by atoms with Crippen LogP contribution in [0.3, 0.4) is 0 Å². The number of phenols is 1. The molecule has 122 valence electrons. The Hall–Kier alpha value is -2.66. The van der Waals surface area contributed by atoms with Gasteiger partial charge < -0.3 is 5.11 Å². The zero-order valence-corrected chi connectivity index (χ0v) is 13.7. The molecule has 0 spiro atoms. The number of sulfone groups is 1. The summed E-state index contributed by atoms with van der Waals surface area (Å²) < 4.78 is 39.1. The fraction of sp³-hybridized carbons (Fsp3) is 0.0526. The normalized spacial score (nSPS) is 11.4. The van der Waals surface area contributed by atoms with Crippen LogP contribution in [0.15, 0.2) is 71.6 Å². The average Bonchev–Trinajstić information content (AvgIpc) is 2.55. The Kier molecular flexibility index (Phi) is 4.11. The monoisotopic (exact) mass is 342 g/mol. The maximum atomic E-state index is 15.1. The number of benzene rings is 3. The summed E-state index contributed by atoms with van der Waals surface area (Å²) >= 11 is 0. The van der Waals surface area contributed by atoms with E-state index >= 15 is 4.39 Å². The van der Waals surface area contributed by atoms with Gasteiger partial charge in [-0.1, -0.05) is 48.5 Å².